The Kier molecular flexibility index (Phi) is 13.0. The minimum absolute atomic E-state index is 0.192. The van der Waals surface area contributed by atoms with Gasteiger partial charge in [0, 0.05) is 24.3 Å². The number of alkyl halides is 3. The molecule has 2 heterocycles. The highest BCUT2D eigenvalue weighted by molar-refractivity contribution is 7.92. The molecule has 0 radical (unpaired) electrons. The van der Waals surface area contributed by atoms with Gasteiger partial charge in [-0.15, -0.1) is 0 Å². The van der Waals surface area contributed by atoms with Gasteiger partial charge in [0.1, 0.15) is 6.04 Å². The molecule has 1 saturated heterocycles. The molecule has 0 saturated carbocycles. The van der Waals surface area contributed by atoms with E-state index in [4.69, 9.17) is 20.1 Å². The minimum atomic E-state index is -5.55. The minimum Gasteiger partial charge on any atom is -0.490 e. The van der Waals surface area contributed by atoms with Crippen LogP contribution >= 0.6 is 0 Å². The zero-order chi connectivity index (χ0) is 42.7. The number of pyridine rings is 1. The van der Waals surface area contributed by atoms with Crippen LogP contribution < -0.4 is 20.3 Å². The first kappa shape index (κ1) is 43.4. The first-order valence-corrected chi connectivity index (χ1v) is 19.7. The molecule has 58 heavy (non-hydrogen) atoms. The Balaban J connectivity index is 1.75. The van der Waals surface area contributed by atoms with Crippen LogP contribution in [0.25, 0.3) is 10.8 Å². The number of ether oxygens (including phenoxy) is 4. The molecule has 310 valence electrons. The fraction of sp³-hybridized carbons (Fsp3) is 0.375. The molecular weight excluding hydrogens is 786 g/mol. The maximum atomic E-state index is 15.3. The maximum Gasteiger partial charge on any atom is 0.491 e. The molecule has 1 aliphatic rings. The number of fused-ring (bicyclic) bond motifs is 1. The summed E-state index contributed by atoms with van der Waals surface area (Å²) >= 11 is 0. The molecule has 3 atom stereocenters. The number of likely N-dealkylation sites (tertiary alicyclic amines) is 1. The van der Waals surface area contributed by atoms with Crippen LogP contribution in [0.2, 0.25) is 0 Å². The number of hydrazine groups is 1. The van der Waals surface area contributed by atoms with Gasteiger partial charge in [-0.2, -0.15) is 13.2 Å². The third kappa shape index (κ3) is 9.02. The van der Waals surface area contributed by atoms with Crippen molar-refractivity contribution in [2.24, 2.45) is 11.8 Å². The van der Waals surface area contributed by atoms with E-state index in [2.05, 4.69) is 9.72 Å². The topological polar surface area (TPSA) is 185 Å². The number of sulfone groups is 1. The van der Waals surface area contributed by atoms with Gasteiger partial charge in [-0.1, -0.05) is 12.1 Å². The highest BCUT2D eigenvalue weighted by Crippen LogP contribution is 2.45. The molecule has 4 aromatic rings. The Bertz CT molecular complexity index is 2320. The second-order valence-electron chi connectivity index (χ2n) is 13.9. The smallest absolute Gasteiger partial charge is 0.490 e. The molecule has 14 nitrogen and oxygen atoms in total. The Hall–Kier alpha value is -5.75. The van der Waals surface area contributed by atoms with Crippen molar-refractivity contribution in [1.82, 2.24) is 9.88 Å². The molecule has 1 amide bonds. The third-order valence-corrected chi connectivity index (χ3v) is 11.7. The molecule has 18 heteroatoms. The van der Waals surface area contributed by atoms with Gasteiger partial charge in [-0.05, 0) is 106 Å². The van der Waals surface area contributed by atoms with Crippen LogP contribution in [0.4, 0.5) is 18.9 Å². The van der Waals surface area contributed by atoms with E-state index < -0.39 is 68.0 Å². The van der Waals surface area contributed by atoms with Crippen molar-refractivity contribution in [3.63, 3.8) is 0 Å². The number of esters is 3. The van der Waals surface area contributed by atoms with E-state index in [1.807, 2.05) is 13.8 Å². The van der Waals surface area contributed by atoms with Crippen molar-refractivity contribution in [2.75, 3.05) is 25.3 Å². The number of anilines is 1. The number of halogens is 3. The summed E-state index contributed by atoms with van der Waals surface area (Å²) in [6, 6.07) is 11.7. The van der Waals surface area contributed by atoms with Crippen LogP contribution in [-0.2, 0) is 33.7 Å². The van der Waals surface area contributed by atoms with E-state index in [1.54, 1.807) is 61.8 Å². The molecule has 1 aliphatic heterocycles. The summed E-state index contributed by atoms with van der Waals surface area (Å²) in [6.07, 6.45) is -2.99. The Morgan fingerprint density at radius 1 is 0.966 bits per heavy atom. The SMILES string of the molecule is CCOc1cc(C(C(=O)N2CCC(C(=O)OC(=O)C(F)(F)F)C2c2cc(C(=O)OC)ccc2S(=O)(=O)C(C)C)N(N)c2ccc3cnccc3c2)ccc1OC(C)C. The predicted octanol–water partition coefficient (Wildman–Crippen LogP) is 6.03. The van der Waals surface area contributed by atoms with Crippen molar-refractivity contribution in [3.05, 3.63) is 89.7 Å². The molecule has 0 spiro atoms. The van der Waals surface area contributed by atoms with E-state index in [1.165, 1.54) is 19.9 Å². The highest BCUT2D eigenvalue weighted by Gasteiger charge is 2.50. The number of amides is 1. The molecule has 3 unspecified atom stereocenters. The molecule has 1 fully saturated rings. The number of rotatable bonds is 13. The highest BCUT2D eigenvalue weighted by atomic mass is 32.2. The first-order valence-electron chi connectivity index (χ1n) is 18.2. The average molecular weight is 829 g/mol. The molecule has 5 rings (SSSR count). The quantitative estimate of drug-likeness (QED) is 0.0714. The van der Waals surface area contributed by atoms with Gasteiger partial charge in [0.05, 0.1) is 53.2 Å². The van der Waals surface area contributed by atoms with Gasteiger partial charge in [-0.3, -0.25) is 19.6 Å². The Morgan fingerprint density at radius 2 is 1.69 bits per heavy atom. The Morgan fingerprint density at radius 3 is 2.33 bits per heavy atom. The number of nitrogens with two attached hydrogens (primary N) is 1. The largest absolute Gasteiger partial charge is 0.491 e. The Labute approximate surface area is 332 Å². The van der Waals surface area contributed by atoms with Crippen molar-refractivity contribution in [2.45, 2.75) is 75.5 Å². The van der Waals surface area contributed by atoms with Gasteiger partial charge in [-0.25, -0.2) is 23.8 Å². The van der Waals surface area contributed by atoms with Crippen molar-refractivity contribution in [3.8, 4) is 11.5 Å². The summed E-state index contributed by atoms with van der Waals surface area (Å²) in [5.41, 5.74) is 0.0934. The van der Waals surface area contributed by atoms with Gasteiger partial charge in [0.2, 0.25) is 0 Å². The van der Waals surface area contributed by atoms with Crippen LogP contribution in [0, 0.1) is 5.92 Å². The van der Waals surface area contributed by atoms with Crippen LogP contribution in [0.5, 0.6) is 11.5 Å². The van der Waals surface area contributed by atoms with Crippen LogP contribution in [0.1, 0.15) is 74.6 Å². The number of hydrogen-bond acceptors (Lipinski definition) is 13. The van der Waals surface area contributed by atoms with E-state index in [-0.39, 0.29) is 48.1 Å². The second-order valence-corrected chi connectivity index (χ2v) is 16.4. The average Bonchev–Trinajstić information content (AvgIpc) is 3.63. The number of methoxy groups -OCH3 is 1. The van der Waals surface area contributed by atoms with Crippen molar-refractivity contribution < 1.29 is 59.7 Å². The maximum absolute atomic E-state index is 15.3. The number of nitrogens with zero attached hydrogens (tertiary/aromatic N) is 3. The fourth-order valence-electron chi connectivity index (χ4n) is 6.71. The first-order chi connectivity index (χ1) is 27.3. The van der Waals surface area contributed by atoms with Crippen molar-refractivity contribution in [1.29, 1.82) is 0 Å². The third-order valence-electron chi connectivity index (χ3n) is 9.47. The summed E-state index contributed by atoms with van der Waals surface area (Å²) < 4.78 is 88.9. The van der Waals surface area contributed by atoms with Crippen molar-refractivity contribution >= 4 is 50.1 Å². The van der Waals surface area contributed by atoms with Gasteiger partial charge >= 0.3 is 24.1 Å². The van der Waals surface area contributed by atoms with Gasteiger partial charge < -0.3 is 23.8 Å². The van der Waals surface area contributed by atoms with Crippen LogP contribution in [0.3, 0.4) is 0 Å². The number of benzene rings is 3. The second kappa shape index (κ2) is 17.4. The lowest BCUT2D eigenvalue weighted by Crippen LogP contribution is -2.47. The van der Waals surface area contributed by atoms with Gasteiger partial charge in [0.15, 0.2) is 21.3 Å². The van der Waals surface area contributed by atoms with E-state index in [0.717, 1.165) is 34.5 Å². The van der Waals surface area contributed by atoms with Gasteiger partial charge in [0.25, 0.3) is 5.91 Å². The summed E-state index contributed by atoms with van der Waals surface area (Å²) in [4.78, 5) is 58.5. The van der Waals surface area contributed by atoms with E-state index >= 15 is 4.79 Å². The zero-order valence-electron chi connectivity index (χ0n) is 32.5. The molecule has 3 aromatic carbocycles. The summed E-state index contributed by atoms with van der Waals surface area (Å²) in [6.45, 7) is 7.98. The number of aromatic nitrogens is 1. The summed E-state index contributed by atoms with van der Waals surface area (Å²) in [5.74, 6) is -0.478. The molecular formula is C40H43F3N4O10S. The lowest BCUT2D eigenvalue weighted by Gasteiger charge is -2.36. The molecule has 1 aromatic heterocycles. The lowest BCUT2D eigenvalue weighted by atomic mass is 9.91. The molecule has 0 bridgehead atoms. The standard InChI is InChI=1S/C40H43F3N4O10S/c1-7-55-32-20-25(9-12-31(32)56-22(2)3)34(47(44)28-11-8-27-21-45-16-14-24(27)18-28)36(48)46-17-15-29(38(50)57-39(51)40(41,42)43)35(46)30-19-26(37(49)54-6)10-13-33(30)58(52,53)23(4)5/h8-14,16,18-23,29,34-35H,7,15,17,44H2,1-6H3. The predicted molar refractivity (Wildman–Crippen MR) is 204 cm³/mol. The fourth-order valence-corrected chi connectivity index (χ4v) is 7.98. The van der Waals surface area contributed by atoms with Crippen LogP contribution in [0.15, 0.2) is 78.0 Å². The zero-order valence-corrected chi connectivity index (χ0v) is 33.3. The summed E-state index contributed by atoms with van der Waals surface area (Å²) in [7, 11) is -3.20. The van der Waals surface area contributed by atoms with E-state index in [0.29, 0.717) is 16.8 Å². The number of carbonyl (C=O) groups is 4. The lowest BCUT2D eigenvalue weighted by molar-refractivity contribution is -0.203. The normalized spacial score (nSPS) is 16.3. The molecule has 0 aliphatic carbocycles. The monoisotopic (exact) mass is 828 g/mol. The van der Waals surface area contributed by atoms with E-state index in [9.17, 15) is 36.0 Å². The number of hydrogen-bond donors (Lipinski definition) is 1. The summed E-state index contributed by atoms with van der Waals surface area (Å²) in [5, 5.41) is 1.55. The van der Waals surface area contributed by atoms with Crippen LogP contribution in [-0.4, -0.2) is 79.9 Å². The number of carbonyl (C=O) groups excluding carboxylic acids is 4. The molecule has 2 N–H and O–H groups in total.